The largest absolute Gasteiger partial charge is 0.504 e. The second-order valence-corrected chi connectivity index (χ2v) is 6.84. The van der Waals surface area contributed by atoms with Crippen molar-refractivity contribution in [1.29, 1.82) is 0 Å². The van der Waals surface area contributed by atoms with Crippen LogP contribution in [0.3, 0.4) is 0 Å². The maximum Gasteiger partial charge on any atom is 0.226 e. The molecule has 0 unspecified atom stereocenters. The molecule has 134 valence electrons. The molecule has 1 amide bonds. The van der Waals surface area contributed by atoms with Crippen molar-refractivity contribution in [3.63, 3.8) is 0 Å². The number of thiazole rings is 1. The molecule has 0 radical (unpaired) electrons. The van der Waals surface area contributed by atoms with Gasteiger partial charge in [-0.15, -0.1) is 11.3 Å². The third-order valence-corrected chi connectivity index (χ3v) is 4.70. The number of nitrogens with zero attached hydrogens (tertiary/aromatic N) is 2. The summed E-state index contributed by atoms with van der Waals surface area (Å²) in [5, 5.41) is 13.1. The van der Waals surface area contributed by atoms with Gasteiger partial charge in [-0.25, -0.2) is 4.98 Å². The molecule has 0 aliphatic heterocycles. The summed E-state index contributed by atoms with van der Waals surface area (Å²) in [6, 6.07) is 9.05. The molecule has 2 N–H and O–H groups in total. The van der Waals surface area contributed by atoms with Gasteiger partial charge < -0.3 is 15.2 Å². The third-order valence-electron chi connectivity index (χ3n) is 3.79. The number of pyridine rings is 1. The van der Waals surface area contributed by atoms with Crippen molar-refractivity contribution in [3.05, 3.63) is 64.9 Å². The molecule has 7 heteroatoms. The lowest BCUT2D eigenvalue weighted by Crippen LogP contribution is -2.12. The molecule has 0 aliphatic rings. The molecular formula is C19H19N3O3S. The van der Waals surface area contributed by atoms with Crippen LogP contribution < -0.4 is 10.1 Å². The molecule has 6 nitrogen and oxygen atoms in total. The Morgan fingerprint density at radius 3 is 2.92 bits per heavy atom. The van der Waals surface area contributed by atoms with Crippen molar-refractivity contribution in [2.45, 2.75) is 19.3 Å². The topological polar surface area (TPSA) is 84.3 Å². The normalized spacial score (nSPS) is 10.5. The van der Waals surface area contributed by atoms with Crippen LogP contribution in [0.5, 0.6) is 11.5 Å². The Labute approximate surface area is 155 Å². The standard InChI is InChI=1S/C19H19N3O3S/c1-25-17-10-14(4-6-16(17)23)9-15-12-21-19(26-15)22-18(24)7-5-13-3-2-8-20-11-13/h2-4,6,8,10-12,23H,5,7,9H2,1H3,(H,21,22,24). The Kier molecular flexibility index (Phi) is 5.80. The number of amides is 1. The fourth-order valence-corrected chi connectivity index (χ4v) is 3.33. The van der Waals surface area contributed by atoms with E-state index in [0.29, 0.717) is 30.1 Å². The summed E-state index contributed by atoms with van der Waals surface area (Å²) in [6.07, 6.45) is 6.91. The van der Waals surface area contributed by atoms with Crippen molar-refractivity contribution in [1.82, 2.24) is 9.97 Å². The molecule has 0 saturated heterocycles. The first-order chi connectivity index (χ1) is 12.6. The van der Waals surface area contributed by atoms with E-state index >= 15 is 0 Å². The molecule has 2 heterocycles. The fourth-order valence-electron chi connectivity index (χ4n) is 2.47. The second-order valence-electron chi connectivity index (χ2n) is 5.72. The number of anilines is 1. The van der Waals surface area contributed by atoms with E-state index in [4.69, 9.17) is 4.74 Å². The van der Waals surface area contributed by atoms with Crippen molar-refractivity contribution in [3.8, 4) is 11.5 Å². The Hall–Kier alpha value is -2.93. The molecule has 3 aromatic rings. The Balaban J connectivity index is 1.55. The van der Waals surface area contributed by atoms with Gasteiger partial charge in [0.15, 0.2) is 16.6 Å². The first-order valence-electron chi connectivity index (χ1n) is 8.13. The van der Waals surface area contributed by atoms with Gasteiger partial charge in [-0.1, -0.05) is 12.1 Å². The summed E-state index contributed by atoms with van der Waals surface area (Å²) in [6.45, 7) is 0. The first-order valence-corrected chi connectivity index (χ1v) is 8.95. The van der Waals surface area contributed by atoms with E-state index in [2.05, 4.69) is 15.3 Å². The number of aryl methyl sites for hydroxylation is 1. The van der Waals surface area contributed by atoms with E-state index in [9.17, 15) is 9.90 Å². The predicted molar refractivity (Wildman–Crippen MR) is 101 cm³/mol. The number of hydrogen-bond donors (Lipinski definition) is 2. The van der Waals surface area contributed by atoms with Crippen molar-refractivity contribution >= 4 is 22.4 Å². The lowest BCUT2D eigenvalue weighted by molar-refractivity contribution is -0.116. The van der Waals surface area contributed by atoms with Crippen molar-refractivity contribution in [2.24, 2.45) is 0 Å². The number of aromatic nitrogens is 2. The molecule has 0 bridgehead atoms. The summed E-state index contributed by atoms with van der Waals surface area (Å²) in [5.41, 5.74) is 2.03. The van der Waals surface area contributed by atoms with Crippen LogP contribution in [0.25, 0.3) is 0 Å². The van der Waals surface area contributed by atoms with Crippen LogP contribution in [0.1, 0.15) is 22.4 Å². The van der Waals surface area contributed by atoms with Crippen LogP contribution in [-0.2, 0) is 17.6 Å². The van der Waals surface area contributed by atoms with Crippen LogP contribution in [0.2, 0.25) is 0 Å². The highest BCUT2D eigenvalue weighted by Crippen LogP contribution is 2.28. The van der Waals surface area contributed by atoms with E-state index < -0.39 is 0 Å². The molecule has 2 aromatic heterocycles. The van der Waals surface area contributed by atoms with E-state index in [1.54, 1.807) is 30.7 Å². The van der Waals surface area contributed by atoms with Gasteiger partial charge in [-0.2, -0.15) is 0 Å². The van der Waals surface area contributed by atoms with Crippen LogP contribution >= 0.6 is 11.3 Å². The van der Waals surface area contributed by atoms with Gasteiger partial charge in [0, 0.05) is 36.3 Å². The van der Waals surface area contributed by atoms with E-state index in [1.807, 2.05) is 18.2 Å². The van der Waals surface area contributed by atoms with Crippen LogP contribution in [0, 0.1) is 0 Å². The van der Waals surface area contributed by atoms with Crippen molar-refractivity contribution < 1.29 is 14.6 Å². The lowest BCUT2D eigenvalue weighted by Gasteiger charge is -2.05. The number of phenolic OH excluding ortho intramolecular Hbond substituents is 1. The summed E-state index contributed by atoms with van der Waals surface area (Å²) in [7, 11) is 1.52. The minimum atomic E-state index is -0.0685. The lowest BCUT2D eigenvalue weighted by atomic mass is 10.1. The van der Waals surface area contributed by atoms with Crippen molar-refractivity contribution in [2.75, 3.05) is 12.4 Å². The number of nitrogens with one attached hydrogen (secondary N) is 1. The maximum absolute atomic E-state index is 12.1. The number of ether oxygens (including phenoxy) is 1. The fraction of sp³-hybridized carbons (Fsp3) is 0.211. The molecule has 26 heavy (non-hydrogen) atoms. The van der Waals surface area contributed by atoms with Gasteiger partial charge in [0.1, 0.15) is 0 Å². The highest BCUT2D eigenvalue weighted by molar-refractivity contribution is 7.15. The minimum absolute atomic E-state index is 0.0685. The number of carbonyl (C=O) groups excluding carboxylic acids is 1. The summed E-state index contributed by atoms with van der Waals surface area (Å²) < 4.78 is 5.12. The summed E-state index contributed by atoms with van der Waals surface area (Å²) in [5.74, 6) is 0.485. The number of benzene rings is 1. The van der Waals surface area contributed by atoms with Gasteiger partial charge in [-0.3, -0.25) is 9.78 Å². The molecule has 0 atom stereocenters. The van der Waals surface area contributed by atoms with Gasteiger partial charge in [-0.05, 0) is 35.7 Å². The van der Waals surface area contributed by atoms with Gasteiger partial charge >= 0.3 is 0 Å². The molecule has 0 spiro atoms. The average molecular weight is 369 g/mol. The smallest absolute Gasteiger partial charge is 0.226 e. The Bertz CT molecular complexity index is 881. The molecule has 0 aliphatic carbocycles. The highest BCUT2D eigenvalue weighted by Gasteiger charge is 2.09. The second kappa shape index (κ2) is 8.44. The highest BCUT2D eigenvalue weighted by atomic mass is 32.1. The van der Waals surface area contributed by atoms with Crippen LogP contribution in [0.15, 0.2) is 48.9 Å². The zero-order valence-corrected chi connectivity index (χ0v) is 15.1. The van der Waals surface area contributed by atoms with Gasteiger partial charge in [0.05, 0.1) is 7.11 Å². The number of carbonyl (C=O) groups is 1. The Morgan fingerprint density at radius 1 is 1.27 bits per heavy atom. The third kappa shape index (κ3) is 4.80. The van der Waals surface area contributed by atoms with Gasteiger partial charge in [0.25, 0.3) is 0 Å². The summed E-state index contributed by atoms with van der Waals surface area (Å²) in [4.78, 5) is 21.4. The molecule has 1 aromatic carbocycles. The van der Waals surface area contributed by atoms with Crippen LogP contribution in [0.4, 0.5) is 5.13 Å². The van der Waals surface area contributed by atoms with Crippen LogP contribution in [-0.4, -0.2) is 28.1 Å². The monoisotopic (exact) mass is 369 g/mol. The number of phenols is 1. The Morgan fingerprint density at radius 2 is 2.15 bits per heavy atom. The predicted octanol–water partition coefficient (Wildman–Crippen LogP) is 3.41. The molecular weight excluding hydrogens is 350 g/mol. The van der Waals surface area contributed by atoms with Gasteiger partial charge in [0.2, 0.25) is 5.91 Å². The number of methoxy groups -OCH3 is 1. The average Bonchev–Trinajstić information content (AvgIpc) is 3.09. The number of rotatable bonds is 7. The van der Waals surface area contributed by atoms with E-state index in [1.165, 1.54) is 18.4 Å². The zero-order valence-electron chi connectivity index (χ0n) is 14.3. The first kappa shape index (κ1) is 17.9. The minimum Gasteiger partial charge on any atom is -0.504 e. The van der Waals surface area contributed by atoms with E-state index in [0.717, 1.165) is 16.0 Å². The maximum atomic E-state index is 12.1. The molecule has 0 fully saturated rings. The zero-order chi connectivity index (χ0) is 18.4. The van der Waals surface area contributed by atoms with E-state index in [-0.39, 0.29) is 11.7 Å². The number of aromatic hydroxyl groups is 1. The molecule has 0 saturated carbocycles. The SMILES string of the molecule is COc1cc(Cc2cnc(NC(=O)CCc3cccnc3)s2)ccc1O. The summed E-state index contributed by atoms with van der Waals surface area (Å²) >= 11 is 1.44. The number of hydrogen-bond acceptors (Lipinski definition) is 6. The quantitative estimate of drug-likeness (QED) is 0.667. The molecule has 3 rings (SSSR count).